The predicted octanol–water partition coefficient (Wildman–Crippen LogP) is 7.32. The van der Waals surface area contributed by atoms with Crippen LogP contribution in [0.1, 0.15) is 123 Å². The number of rotatable bonds is 19. The normalized spacial score (nSPS) is 12.7. The Labute approximate surface area is 158 Å². The van der Waals surface area contributed by atoms with Crippen molar-refractivity contribution in [3.05, 3.63) is 12.2 Å². The van der Waals surface area contributed by atoms with Crippen LogP contribution < -0.4 is 5.73 Å². The highest BCUT2D eigenvalue weighted by atomic mass is 16.1. The van der Waals surface area contributed by atoms with E-state index < -0.39 is 0 Å². The summed E-state index contributed by atoms with van der Waals surface area (Å²) in [7, 11) is 0. The van der Waals surface area contributed by atoms with Gasteiger partial charge in [0.15, 0.2) is 0 Å². The average Bonchev–Trinajstić information content (AvgIpc) is 2.60. The van der Waals surface area contributed by atoms with Gasteiger partial charge in [-0.3, -0.25) is 4.79 Å². The van der Waals surface area contributed by atoms with Crippen LogP contribution in [0.3, 0.4) is 0 Å². The fourth-order valence-electron chi connectivity index (χ4n) is 3.42. The summed E-state index contributed by atoms with van der Waals surface area (Å²) < 4.78 is 0. The van der Waals surface area contributed by atoms with Crippen LogP contribution in [-0.2, 0) is 4.79 Å². The highest BCUT2D eigenvalue weighted by molar-refractivity contribution is 5.76. The Morgan fingerprint density at radius 2 is 1.16 bits per heavy atom. The van der Waals surface area contributed by atoms with Crippen LogP contribution in [0, 0.1) is 5.92 Å². The smallest absolute Gasteiger partial charge is 0.220 e. The highest BCUT2D eigenvalue weighted by Gasteiger charge is 2.12. The summed E-state index contributed by atoms with van der Waals surface area (Å²) in [6, 6.07) is 0. The van der Waals surface area contributed by atoms with E-state index in [2.05, 4.69) is 26.0 Å². The molecule has 2 N–H and O–H groups in total. The second kappa shape index (κ2) is 19.5. The number of amides is 1. The van der Waals surface area contributed by atoms with Crippen molar-refractivity contribution in [1.82, 2.24) is 0 Å². The number of allylic oxidation sites excluding steroid dienone is 2. The molecule has 0 heterocycles. The van der Waals surface area contributed by atoms with Crippen molar-refractivity contribution < 1.29 is 4.79 Å². The van der Waals surface area contributed by atoms with Crippen LogP contribution in [0.5, 0.6) is 0 Å². The van der Waals surface area contributed by atoms with Gasteiger partial charge in [-0.15, -0.1) is 0 Å². The van der Waals surface area contributed by atoms with Crippen molar-refractivity contribution in [1.29, 1.82) is 0 Å². The van der Waals surface area contributed by atoms with E-state index in [1.807, 2.05) is 0 Å². The summed E-state index contributed by atoms with van der Waals surface area (Å²) >= 11 is 0. The first-order chi connectivity index (χ1) is 12.2. The van der Waals surface area contributed by atoms with Crippen LogP contribution >= 0.6 is 0 Å². The molecule has 0 aliphatic rings. The van der Waals surface area contributed by atoms with Gasteiger partial charge in [0.1, 0.15) is 0 Å². The molecule has 2 heteroatoms. The topological polar surface area (TPSA) is 43.1 Å². The first-order valence-corrected chi connectivity index (χ1v) is 11.2. The van der Waals surface area contributed by atoms with E-state index in [4.69, 9.17) is 5.73 Å². The number of unbranched alkanes of at least 4 members (excludes halogenated alkanes) is 12. The van der Waals surface area contributed by atoms with Crippen molar-refractivity contribution in [3.63, 3.8) is 0 Å². The fraction of sp³-hybridized carbons (Fsp3) is 0.870. The lowest BCUT2D eigenvalue weighted by Crippen LogP contribution is -2.23. The summed E-state index contributed by atoms with van der Waals surface area (Å²) in [4.78, 5) is 11.3. The molecule has 2 nitrogen and oxygen atoms in total. The van der Waals surface area contributed by atoms with Crippen LogP contribution in [0.2, 0.25) is 0 Å². The van der Waals surface area contributed by atoms with Gasteiger partial charge >= 0.3 is 0 Å². The van der Waals surface area contributed by atoms with Crippen LogP contribution in [0.4, 0.5) is 0 Å². The molecule has 0 saturated heterocycles. The van der Waals surface area contributed by atoms with Crippen molar-refractivity contribution in [2.45, 2.75) is 123 Å². The molecule has 0 saturated carbocycles. The van der Waals surface area contributed by atoms with Gasteiger partial charge in [-0.05, 0) is 38.5 Å². The molecule has 0 aromatic rings. The van der Waals surface area contributed by atoms with Gasteiger partial charge in [-0.2, -0.15) is 0 Å². The van der Waals surface area contributed by atoms with Gasteiger partial charge in [0.2, 0.25) is 5.91 Å². The zero-order valence-corrected chi connectivity index (χ0v) is 17.2. The third kappa shape index (κ3) is 17.8. The molecule has 1 amide bonds. The molecule has 1 atom stereocenters. The van der Waals surface area contributed by atoms with Gasteiger partial charge in [0, 0.05) is 5.92 Å². The average molecular weight is 352 g/mol. The van der Waals surface area contributed by atoms with Crippen LogP contribution in [-0.4, -0.2) is 5.91 Å². The summed E-state index contributed by atoms with van der Waals surface area (Å²) in [6.07, 6.45) is 26.4. The molecular formula is C23H45NO. The molecule has 0 rings (SSSR count). The summed E-state index contributed by atoms with van der Waals surface area (Å²) in [5.74, 6) is 0.0105. The number of hydrogen-bond acceptors (Lipinski definition) is 1. The lowest BCUT2D eigenvalue weighted by Gasteiger charge is -2.11. The van der Waals surface area contributed by atoms with Crippen molar-refractivity contribution >= 4 is 5.91 Å². The summed E-state index contributed by atoms with van der Waals surface area (Å²) in [5.41, 5.74) is 5.44. The maximum atomic E-state index is 11.3. The Morgan fingerprint density at radius 3 is 1.64 bits per heavy atom. The van der Waals surface area contributed by atoms with E-state index in [0.29, 0.717) is 0 Å². The standard InChI is InChI=1S/C23H45NO/c1-3-5-6-7-8-9-10-11-12-13-14-15-16-17-18-19-21-22(20-4-2)23(24)25/h11-12,22H,3-10,13-21H2,1-2H3,(H2,24,25)/b12-11-. The number of carbonyl (C=O) groups is 1. The van der Waals surface area contributed by atoms with Crippen molar-refractivity contribution in [3.8, 4) is 0 Å². The first-order valence-electron chi connectivity index (χ1n) is 11.2. The van der Waals surface area contributed by atoms with E-state index in [9.17, 15) is 4.79 Å². The Hall–Kier alpha value is -0.790. The summed E-state index contributed by atoms with van der Waals surface area (Å²) in [6.45, 7) is 4.40. The number of carbonyl (C=O) groups excluding carboxylic acids is 1. The molecule has 0 spiro atoms. The Balaban J connectivity index is 3.27. The van der Waals surface area contributed by atoms with Gasteiger partial charge in [-0.25, -0.2) is 0 Å². The Bertz CT molecular complexity index is 311. The van der Waals surface area contributed by atoms with E-state index in [1.54, 1.807) is 0 Å². The molecular weight excluding hydrogens is 306 g/mol. The minimum absolute atomic E-state index is 0.102. The molecule has 0 radical (unpaired) electrons. The molecule has 25 heavy (non-hydrogen) atoms. The maximum absolute atomic E-state index is 11.3. The zero-order chi connectivity index (χ0) is 18.6. The van der Waals surface area contributed by atoms with Crippen molar-refractivity contribution in [2.24, 2.45) is 11.7 Å². The second-order valence-corrected chi connectivity index (χ2v) is 7.61. The van der Waals surface area contributed by atoms with Crippen LogP contribution in [0.15, 0.2) is 12.2 Å². The third-order valence-electron chi connectivity index (χ3n) is 5.10. The van der Waals surface area contributed by atoms with Gasteiger partial charge in [-0.1, -0.05) is 96.6 Å². The minimum atomic E-state index is -0.102. The monoisotopic (exact) mass is 351 g/mol. The molecule has 0 aromatic carbocycles. The van der Waals surface area contributed by atoms with Crippen molar-refractivity contribution in [2.75, 3.05) is 0 Å². The molecule has 148 valence electrons. The Kier molecular flexibility index (Phi) is 18.9. The zero-order valence-electron chi connectivity index (χ0n) is 17.2. The lowest BCUT2D eigenvalue weighted by atomic mass is 9.95. The number of nitrogens with two attached hydrogens (primary N) is 1. The van der Waals surface area contributed by atoms with Gasteiger partial charge in [0.05, 0.1) is 0 Å². The van der Waals surface area contributed by atoms with E-state index in [1.165, 1.54) is 83.5 Å². The van der Waals surface area contributed by atoms with Gasteiger partial charge in [0.25, 0.3) is 0 Å². The molecule has 0 aliphatic heterocycles. The minimum Gasteiger partial charge on any atom is -0.369 e. The quantitative estimate of drug-likeness (QED) is 0.192. The molecule has 0 bridgehead atoms. The molecule has 0 fully saturated rings. The fourth-order valence-corrected chi connectivity index (χ4v) is 3.42. The van der Waals surface area contributed by atoms with Gasteiger partial charge < -0.3 is 5.73 Å². The molecule has 0 aliphatic carbocycles. The first kappa shape index (κ1) is 24.2. The second-order valence-electron chi connectivity index (χ2n) is 7.61. The lowest BCUT2D eigenvalue weighted by molar-refractivity contribution is -0.122. The number of primary amides is 1. The molecule has 0 aromatic heterocycles. The summed E-state index contributed by atoms with van der Waals surface area (Å²) in [5, 5.41) is 0. The van der Waals surface area contributed by atoms with E-state index in [-0.39, 0.29) is 11.8 Å². The maximum Gasteiger partial charge on any atom is 0.220 e. The predicted molar refractivity (Wildman–Crippen MR) is 112 cm³/mol. The Morgan fingerprint density at radius 1 is 0.680 bits per heavy atom. The third-order valence-corrected chi connectivity index (χ3v) is 5.10. The highest BCUT2D eigenvalue weighted by Crippen LogP contribution is 2.16. The number of hydrogen-bond donors (Lipinski definition) is 1. The largest absolute Gasteiger partial charge is 0.369 e. The van der Waals surface area contributed by atoms with E-state index >= 15 is 0 Å². The van der Waals surface area contributed by atoms with E-state index in [0.717, 1.165) is 25.7 Å². The van der Waals surface area contributed by atoms with Crippen LogP contribution in [0.25, 0.3) is 0 Å². The molecule has 1 unspecified atom stereocenters. The SMILES string of the molecule is CCCCCCCC/C=C\CCCCCCCCC(CCC)C(N)=O.